The fourth-order valence-corrected chi connectivity index (χ4v) is 8.52. The van der Waals surface area contributed by atoms with Gasteiger partial charge in [-0.1, -0.05) is 78.9 Å². The van der Waals surface area contributed by atoms with Crippen LogP contribution in [0.5, 0.6) is 0 Å². The van der Waals surface area contributed by atoms with Crippen LogP contribution in [-0.2, 0) is 0 Å². The molecule has 2 aliphatic heterocycles. The molecule has 2 aliphatic rings. The zero-order chi connectivity index (χ0) is 46.2. The van der Waals surface area contributed by atoms with Crippen LogP contribution in [0.1, 0.15) is 41.4 Å². The second-order valence-electron chi connectivity index (χ2n) is 16.0. The summed E-state index contributed by atoms with van der Waals surface area (Å²) >= 11 is 0. The average Bonchev–Trinajstić information content (AvgIpc) is 3.79. The van der Waals surface area contributed by atoms with Crippen molar-refractivity contribution in [2.24, 2.45) is 0 Å². The summed E-state index contributed by atoms with van der Waals surface area (Å²) in [6.45, 7) is 0. The van der Waals surface area contributed by atoms with E-state index >= 15 is 0 Å². The van der Waals surface area contributed by atoms with Gasteiger partial charge in [-0.15, -0.1) is 0 Å². The zero-order valence-corrected chi connectivity index (χ0v) is 35.1. The first kappa shape index (κ1) is 39.7. The molecular weight excluding hydrogens is 861 g/mol. The lowest BCUT2D eigenvalue weighted by Crippen LogP contribution is -2.29. The van der Waals surface area contributed by atoms with E-state index in [2.05, 4.69) is 9.97 Å². The molecule has 4 amide bonds. The van der Waals surface area contributed by atoms with Crippen molar-refractivity contribution in [3.8, 4) is 56.8 Å². The molecule has 0 saturated heterocycles. The lowest BCUT2D eigenvalue weighted by molar-refractivity contribution is 0.0910. The highest BCUT2D eigenvalue weighted by Gasteiger charge is 2.38. The van der Waals surface area contributed by atoms with Gasteiger partial charge >= 0.3 is 11.3 Å². The summed E-state index contributed by atoms with van der Waals surface area (Å²) in [5.41, 5.74) is 5.09. The SMILES string of the molecule is O=C1c2ccc(-c3nc4ccccc4c(=O)o3)cc2C(=O)N1c1ccc(-c2cc(-c3ccc(N4C(=O)c5ccc(-c6nc7ccccc7c(=O)o6)cc5C4=O)cc3)nc(-c3ccccc3)n2)cc1. The first-order chi connectivity index (χ1) is 33.2. The van der Waals surface area contributed by atoms with Crippen LogP contribution in [0.25, 0.3) is 78.6 Å². The minimum Gasteiger partial charge on any atom is -0.403 e. The van der Waals surface area contributed by atoms with Gasteiger partial charge in [0.15, 0.2) is 5.82 Å². The number of fused-ring (bicyclic) bond motifs is 4. The summed E-state index contributed by atoms with van der Waals surface area (Å²) in [4.78, 5) is 101. The van der Waals surface area contributed by atoms with Crippen molar-refractivity contribution in [3.05, 3.63) is 213 Å². The van der Waals surface area contributed by atoms with Crippen molar-refractivity contribution >= 4 is 56.8 Å². The van der Waals surface area contributed by atoms with Crippen molar-refractivity contribution in [1.29, 1.82) is 0 Å². The van der Waals surface area contributed by atoms with Crippen LogP contribution in [0.3, 0.4) is 0 Å². The molecule has 0 bridgehead atoms. The Morgan fingerprint density at radius 3 is 1.19 bits per heavy atom. The molecule has 0 radical (unpaired) electrons. The molecule has 0 saturated carbocycles. The van der Waals surface area contributed by atoms with E-state index in [0.29, 0.717) is 72.6 Å². The number of rotatable bonds is 7. The Hall–Kier alpha value is -9.82. The largest absolute Gasteiger partial charge is 0.403 e. The number of benzene rings is 7. The third-order valence-corrected chi connectivity index (χ3v) is 11.9. The lowest BCUT2D eigenvalue weighted by Gasteiger charge is -2.15. The number of para-hydroxylation sites is 2. The Balaban J connectivity index is 0.827. The lowest BCUT2D eigenvalue weighted by atomic mass is 10.1. The molecule has 68 heavy (non-hydrogen) atoms. The maximum Gasteiger partial charge on any atom is 0.347 e. The highest BCUT2D eigenvalue weighted by molar-refractivity contribution is 6.35. The topological polar surface area (TPSA) is 187 Å². The maximum atomic E-state index is 13.9. The molecule has 322 valence electrons. The molecule has 0 fully saturated rings. The number of carbonyl (C=O) groups excluding carboxylic acids is 4. The number of aromatic nitrogens is 4. The molecule has 0 spiro atoms. The fourth-order valence-electron chi connectivity index (χ4n) is 8.52. The number of nitrogens with zero attached hydrogens (tertiary/aromatic N) is 6. The van der Waals surface area contributed by atoms with Gasteiger partial charge in [0.05, 0.1) is 66.8 Å². The Morgan fingerprint density at radius 2 is 0.735 bits per heavy atom. The zero-order valence-electron chi connectivity index (χ0n) is 35.1. The summed E-state index contributed by atoms with van der Waals surface area (Å²) in [5, 5.41) is 0.660. The van der Waals surface area contributed by atoms with Gasteiger partial charge in [-0.2, -0.15) is 0 Å². The molecule has 0 aliphatic carbocycles. The highest BCUT2D eigenvalue weighted by Crippen LogP contribution is 2.36. The fraction of sp³-hybridized carbons (Fsp3) is 0. The predicted octanol–water partition coefficient (Wildman–Crippen LogP) is 9.42. The quantitative estimate of drug-likeness (QED) is 0.138. The average molecular weight is 889 g/mol. The van der Waals surface area contributed by atoms with Gasteiger partial charge in [-0.05, 0) is 91.0 Å². The first-order valence-electron chi connectivity index (χ1n) is 21.2. The van der Waals surface area contributed by atoms with Crippen molar-refractivity contribution in [3.63, 3.8) is 0 Å². The number of carbonyl (C=O) groups is 4. The Bertz CT molecular complexity index is 3710. The van der Waals surface area contributed by atoms with Crippen LogP contribution in [0.15, 0.2) is 188 Å². The minimum atomic E-state index is -0.564. The van der Waals surface area contributed by atoms with Gasteiger partial charge in [0.25, 0.3) is 23.6 Å². The molecule has 7 aromatic carbocycles. The van der Waals surface area contributed by atoms with E-state index in [4.69, 9.17) is 18.8 Å². The summed E-state index contributed by atoms with van der Waals surface area (Å²) in [5.74, 6) is -1.59. The van der Waals surface area contributed by atoms with Crippen LogP contribution in [0.4, 0.5) is 11.4 Å². The number of hydrogen-bond acceptors (Lipinski definition) is 12. The second kappa shape index (κ2) is 15.4. The summed E-state index contributed by atoms with van der Waals surface area (Å²) in [6.07, 6.45) is 0. The monoisotopic (exact) mass is 888 g/mol. The van der Waals surface area contributed by atoms with E-state index in [1.807, 2.05) is 36.4 Å². The first-order valence-corrected chi connectivity index (χ1v) is 21.2. The minimum absolute atomic E-state index is 0.0293. The molecule has 3 aromatic heterocycles. The molecule has 10 aromatic rings. The summed E-state index contributed by atoms with van der Waals surface area (Å²) in [6, 6.07) is 47.8. The molecule has 0 N–H and O–H groups in total. The Morgan fingerprint density at radius 1 is 0.338 bits per heavy atom. The van der Waals surface area contributed by atoms with E-state index in [1.165, 1.54) is 24.3 Å². The van der Waals surface area contributed by atoms with Crippen molar-refractivity contribution in [1.82, 2.24) is 19.9 Å². The van der Waals surface area contributed by atoms with E-state index < -0.39 is 34.9 Å². The van der Waals surface area contributed by atoms with Crippen LogP contribution in [-0.4, -0.2) is 43.6 Å². The normalized spacial score (nSPS) is 13.2. The predicted molar refractivity (Wildman–Crippen MR) is 252 cm³/mol. The van der Waals surface area contributed by atoms with Crippen LogP contribution in [0.2, 0.25) is 0 Å². The molecule has 0 atom stereocenters. The van der Waals surface area contributed by atoms with Gasteiger partial charge in [0, 0.05) is 27.8 Å². The Labute approximate surface area is 383 Å². The van der Waals surface area contributed by atoms with Crippen molar-refractivity contribution in [2.45, 2.75) is 0 Å². The van der Waals surface area contributed by atoms with Crippen LogP contribution >= 0.6 is 0 Å². The van der Waals surface area contributed by atoms with E-state index in [1.54, 1.807) is 109 Å². The Kier molecular flexibility index (Phi) is 9.01. The molecule has 12 rings (SSSR count). The van der Waals surface area contributed by atoms with Crippen LogP contribution < -0.4 is 21.1 Å². The molecule has 0 unspecified atom stereocenters. The third kappa shape index (κ3) is 6.50. The number of imide groups is 2. The van der Waals surface area contributed by atoms with Gasteiger partial charge in [0.1, 0.15) is 0 Å². The second-order valence-corrected chi connectivity index (χ2v) is 16.0. The summed E-state index contributed by atoms with van der Waals surface area (Å²) < 4.78 is 11.0. The molecular formula is C54H28N6O8. The number of amides is 4. The van der Waals surface area contributed by atoms with Gasteiger partial charge in [-0.25, -0.2) is 39.3 Å². The third-order valence-electron chi connectivity index (χ3n) is 11.9. The standard InChI is InChI=1S/C54H28N6O8/c61-49-36-24-18-32(47-57-42-12-6-4-10-38(42)53(65)67-47)26-40(36)51(63)59(49)34-20-14-29(15-21-34)44-28-45(56-46(55-44)31-8-2-1-3-9-31)30-16-22-35(23-17-30)60-50(62)37-25-19-33(27-41(37)52(60)64)48-58-43-13-7-5-11-39(43)54(66)68-48/h1-28H. The van der Waals surface area contributed by atoms with E-state index in [0.717, 1.165) is 15.4 Å². The van der Waals surface area contributed by atoms with Crippen LogP contribution in [0, 0.1) is 0 Å². The van der Waals surface area contributed by atoms with E-state index in [9.17, 15) is 28.8 Å². The van der Waals surface area contributed by atoms with Gasteiger partial charge in [0.2, 0.25) is 11.8 Å². The van der Waals surface area contributed by atoms with Gasteiger partial charge < -0.3 is 8.83 Å². The molecule has 14 nitrogen and oxygen atoms in total. The van der Waals surface area contributed by atoms with E-state index in [-0.39, 0.29) is 34.0 Å². The number of anilines is 2. The van der Waals surface area contributed by atoms with Gasteiger partial charge in [-0.3, -0.25) is 19.2 Å². The molecule has 5 heterocycles. The van der Waals surface area contributed by atoms with Crippen molar-refractivity contribution in [2.75, 3.05) is 9.80 Å². The number of hydrogen-bond donors (Lipinski definition) is 0. The summed E-state index contributed by atoms with van der Waals surface area (Å²) in [7, 11) is 0. The van der Waals surface area contributed by atoms with Crippen molar-refractivity contribution < 1.29 is 28.0 Å². The highest BCUT2D eigenvalue weighted by atomic mass is 16.4. The smallest absolute Gasteiger partial charge is 0.347 e. The maximum absolute atomic E-state index is 13.9. The molecule has 14 heteroatoms.